The minimum atomic E-state index is 0. The summed E-state index contributed by atoms with van der Waals surface area (Å²) in [7, 11) is 0. The molecule has 6 heteroatoms. The number of hydrogen-bond acceptors (Lipinski definition) is 3. The van der Waals surface area contributed by atoms with Crippen molar-refractivity contribution in [3.8, 4) is 0 Å². The van der Waals surface area contributed by atoms with Crippen molar-refractivity contribution in [3.63, 3.8) is 0 Å². The van der Waals surface area contributed by atoms with Crippen molar-refractivity contribution in [2.24, 2.45) is 23.5 Å². The molecule has 1 unspecified atom stereocenters. The average molecular weight is 354 g/mol. The van der Waals surface area contributed by atoms with Crippen LogP contribution in [-0.2, 0) is 4.79 Å². The van der Waals surface area contributed by atoms with Gasteiger partial charge in [-0.05, 0) is 64.5 Å². The van der Waals surface area contributed by atoms with Crippen LogP contribution in [0.25, 0.3) is 0 Å². The Hall–Kier alpha value is -0.0300. The molecule has 0 aromatic rings. The van der Waals surface area contributed by atoms with E-state index in [1.807, 2.05) is 0 Å². The second-order valence-corrected chi connectivity index (χ2v) is 6.88. The average Bonchev–Trinajstić information content (AvgIpc) is 2.93. The van der Waals surface area contributed by atoms with Crippen LogP contribution in [0, 0.1) is 17.8 Å². The molecule has 0 radical (unpaired) electrons. The number of nitrogens with one attached hydrogen (secondary N) is 1. The number of likely N-dealkylation sites (tertiary alicyclic amines) is 1. The number of carbonyl (C=O) groups excluding carboxylic acids is 1. The van der Waals surface area contributed by atoms with E-state index in [2.05, 4.69) is 24.1 Å². The molecule has 2 rings (SSSR count). The minimum absolute atomic E-state index is 0. The van der Waals surface area contributed by atoms with Gasteiger partial charge in [0.05, 0.1) is 0 Å². The van der Waals surface area contributed by atoms with E-state index in [1.54, 1.807) is 0 Å². The van der Waals surface area contributed by atoms with Gasteiger partial charge < -0.3 is 16.0 Å². The lowest BCUT2D eigenvalue weighted by Crippen LogP contribution is -2.45. The van der Waals surface area contributed by atoms with Crippen molar-refractivity contribution < 1.29 is 4.79 Å². The van der Waals surface area contributed by atoms with Gasteiger partial charge in [0.15, 0.2) is 0 Å². The van der Waals surface area contributed by atoms with Crippen LogP contribution in [0.2, 0.25) is 0 Å². The number of carbonyl (C=O) groups is 1. The van der Waals surface area contributed by atoms with Gasteiger partial charge in [0, 0.05) is 25.0 Å². The maximum absolute atomic E-state index is 12.3. The largest absolute Gasteiger partial charge is 0.356 e. The molecule has 22 heavy (non-hydrogen) atoms. The Bertz CT molecular complexity index is 329. The van der Waals surface area contributed by atoms with E-state index in [-0.39, 0.29) is 36.6 Å². The SMILES string of the molecule is CC(C)N1CCCC(CNC(=O)[C@@H]2CCC[C@@H]2CN)C1.Cl.Cl. The molecular formula is C16H33Cl2N3O. The highest BCUT2D eigenvalue weighted by molar-refractivity contribution is 5.85. The lowest BCUT2D eigenvalue weighted by atomic mass is 9.94. The number of hydrogen-bond donors (Lipinski definition) is 2. The van der Waals surface area contributed by atoms with Crippen LogP contribution in [0.4, 0.5) is 0 Å². The molecule has 2 fully saturated rings. The third-order valence-electron chi connectivity index (χ3n) is 5.14. The highest BCUT2D eigenvalue weighted by Gasteiger charge is 2.32. The summed E-state index contributed by atoms with van der Waals surface area (Å²) in [6, 6.07) is 0.616. The summed E-state index contributed by atoms with van der Waals surface area (Å²) in [6.45, 7) is 8.35. The Labute approximate surface area is 147 Å². The zero-order valence-electron chi connectivity index (χ0n) is 13.9. The summed E-state index contributed by atoms with van der Waals surface area (Å²) in [4.78, 5) is 14.8. The second kappa shape index (κ2) is 10.7. The normalized spacial score (nSPS) is 28.8. The Kier molecular flexibility index (Phi) is 10.7. The van der Waals surface area contributed by atoms with Gasteiger partial charge in [-0.25, -0.2) is 0 Å². The van der Waals surface area contributed by atoms with Gasteiger partial charge in [0.2, 0.25) is 5.91 Å². The van der Waals surface area contributed by atoms with Gasteiger partial charge in [-0.2, -0.15) is 0 Å². The van der Waals surface area contributed by atoms with Gasteiger partial charge in [-0.1, -0.05) is 6.42 Å². The molecule has 0 spiro atoms. The molecule has 1 saturated heterocycles. The molecule has 1 heterocycles. The lowest BCUT2D eigenvalue weighted by molar-refractivity contribution is -0.126. The summed E-state index contributed by atoms with van der Waals surface area (Å²) < 4.78 is 0. The number of piperidine rings is 1. The third-order valence-corrected chi connectivity index (χ3v) is 5.14. The fourth-order valence-corrected chi connectivity index (χ4v) is 3.77. The first-order valence-electron chi connectivity index (χ1n) is 8.33. The van der Waals surface area contributed by atoms with Crippen LogP contribution < -0.4 is 11.1 Å². The molecule has 3 atom stereocenters. The number of nitrogens with zero attached hydrogens (tertiary/aromatic N) is 1. The van der Waals surface area contributed by atoms with Gasteiger partial charge >= 0.3 is 0 Å². The maximum Gasteiger partial charge on any atom is 0.223 e. The summed E-state index contributed by atoms with van der Waals surface area (Å²) in [5, 5.41) is 3.20. The first kappa shape index (κ1) is 22.0. The predicted octanol–water partition coefficient (Wildman–Crippen LogP) is 2.44. The fourth-order valence-electron chi connectivity index (χ4n) is 3.77. The Morgan fingerprint density at radius 3 is 2.59 bits per heavy atom. The molecule has 3 N–H and O–H groups in total. The van der Waals surface area contributed by atoms with Crippen LogP contribution >= 0.6 is 24.8 Å². The van der Waals surface area contributed by atoms with E-state index < -0.39 is 0 Å². The molecule has 1 aliphatic heterocycles. The van der Waals surface area contributed by atoms with Crippen LogP contribution in [0.5, 0.6) is 0 Å². The first-order valence-corrected chi connectivity index (χ1v) is 8.33. The number of nitrogens with two attached hydrogens (primary N) is 1. The molecule has 1 saturated carbocycles. The smallest absolute Gasteiger partial charge is 0.223 e. The summed E-state index contributed by atoms with van der Waals surface area (Å²) >= 11 is 0. The predicted molar refractivity (Wildman–Crippen MR) is 96.8 cm³/mol. The number of amides is 1. The van der Waals surface area contributed by atoms with Gasteiger partial charge in [-0.3, -0.25) is 4.79 Å². The second-order valence-electron chi connectivity index (χ2n) is 6.88. The molecular weight excluding hydrogens is 321 g/mol. The summed E-state index contributed by atoms with van der Waals surface area (Å²) in [5.41, 5.74) is 5.77. The highest BCUT2D eigenvalue weighted by atomic mass is 35.5. The monoisotopic (exact) mass is 353 g/mol. The molecule has 0 aromatic carbocycles. The molecule has 1 aliphatic carbocycles. The number of rotatable bonds is 5. The Morgan fingerprint density at radius 1 is 1.23 bits per heavy atom. The van der Waals surface area contributed by atoms with Crippen LogP contribution in [0.15, 0.2) is 0 Å². The lowest BCUT2D eigenvalue weighted by Gasteiger charge is -2.35. The zero-order chi connectivity index (χ0) is 14.5. The maximum atomic E-state index is 12.3. The number of halogens is 2. The van der Waals surface area contributed by atoms with E-state index in [0.717, 1.165) is 32.4 Å². The van der Waals surface area contributed by atoms with Crippen LogP contribution in [-0.4, -0.2) is 43.0 Å². The van der Waals surface area contributed by atoms with E-state index in [0.29, 0.717) is 24.4 Å². The first-order chi connectivity index (χ1) is 9.61. The Morgan fingerprint density at radius 2 is 1.95 bits per heavy atom. The summed E-state index contributed by atoms with van der Waals surface area (Å²) in [5.74, 6) is 1.45. The van der Waals surface area contributed by atoms with E-state index in [1.165, 1.54) is 19.4 Å². The van der Waals surface area contributed by atoms with Gasteiger partial charge in [0.25, 0.3) is 0 Å². The van der Waals surface area contributed by atoms with Crippen molar-refractivity contribution in [1.82, 2.24) is 10.2 Å². The topological polar surface area (TPSA) is 58.4 Å². The molecule has 0 bridgehead atoms. The fraction of sp³-hybridized carbons (Fsp3) is 0.938. The van der Waals surface area contributed by atoms with Crippen molar-refractivity contribution >= 4 is 30.7 Å². The highest BCUT2D eigenvalue weighted by Crippen LogP contribution is 2.31. The Balaban J connectivity index is 0.00000220. The molecule has 4 nitrogen and oxygen atoms in total. The van der Waals surface area contributed by atoms with Crippen molar-refractivity contribution in [3.05, 3.63) is 0 Å². The van der Waals surface area contributed by atoms with Gasteiger partial charge in [0.1, 0.15) is 0 Å². The van der Waals surface area contributed by atoms with Crippen molar-refractivity contribution in [2.45, 2.75) is 52.0 Å². The molecule has 0 aromatic heterocycles. The van der Waals surface area contributed by atoms with Crippen LogP contribution in [0.3, 0.4) is 0 Å². The van der Waals surface area contributed by atoms with Crippen molar-refractivity contribution in [2.75, 3.05) is 26.2 Å². The van der Waals surface area contributed by atoms with Crippen molar-refractivity contribution in [1.29, 1.82) is 0 Å². The molecule has 1 amide bonds. The standard InChI is InChI=1S/C16H31N3O.2ClH/c1-12(2)19-8-4-5-13(11-19)10-18-16(20)15-7-3-6-14(15)9-17;;/h12-15H,3-11,17H2,1-2H3,(H,18,20);2*1H/t13?,14-,15-;;/m1../s1. The van der Waals surface area contributed by atoms with Crippen LogP contribution in [0.1, 0.15) is 46.0 Å². The van der Waals surface area contributed by atoms with E-state index >= 15 is 0 Å². The van der Waals surface area contributed by atoms with Gasteiger partial charge in [-0.15, -0.1) is 24.8 Å². The third kappa shape index (κ3) is 5.88. The summed E-state index contributed by atoms with van der Waals surface area (Å²) in [6.07, 6.45) is 5.81. The molecule has 132 valence electrons. The molecule has 2 aliphatic rings. The minimum Gasteiger partial charge on any atom is -0.356 e. The van der Waals surface area contributed by atoms with E-state index in [4.69, 9.17) is 5.73 Å². The quantitative estimate of drug-likeness (QED) is 0.797. The zero-order valence-corrected chi connectivity index (χ0v) is 15.6. The van der Waals surface area contributed by atoms with E-state index in [9.17, 15) is 4.79 Å².